The van der Waals surface area contributed by atoms with Crippen molar-refractivity contribution in [1.82, 2.24) is 5.32 Å². The van der Waals surface area contributed by atoms with Gasteiger partial charge in [0.2, 0.25) is 0 Å². The van der Waals surface area contributed by atoms with E-state index in [2.05, 4.69) is 25.2 Å². The number of allylic oxidation sites excluding steroid dienone is 2. The summed E-state index contributed by atoms with van der Waals surface area (Å²) >= 11 is 1.55. The molecule has 1 aliphatic carbocycles. The van der Waals surface area contributed by atoms with E-state index in [1.165, 1.54) is 0 Å². The number of hydrogen-bond acceptors (Lipinski definition) is 5. The summed E-state index contributed by atoms with van der Waals surface area (Å²) in [5, 5.41) is 2.96. The first-order valence-corrected chi connectivity index (χ1v) is 11.2. The second kappa shape index (κ2) is 11.8. The largest absolute Gasteiger partial charge is 2.00 e. The van der Waals surface area contributed by atoms with Crippen LogP contribution in [-0.2, 0) is 26.6 Å². The van der Waals surface area contributed by atoms with Gasteiger partial charge >= 0.3 is 17.1 Å². The SMILES string of the molecule is CCOC(=O)[CH-]CSC1=[C-]CC(C)(C)CC1=Nc1ccc(C(=O)NC(C)(C)C)cc1.[Mn+2]. The van der Waals surface area contributed by atoms with Crippen molar-refractivity contribution in [1.29, 1.82) is 0 Å². The number of nitrogens with zero attached hydrogens (tertiary/aromatic N) is 1. The zero-order chi connectivity index (χ0) is 22.4. The number of rotatable bonds is 7. The number of ether oxygens (including phenoxy) is 1. The molecule has 1 radical (unpaired) electrons. The number of thioether (sulfide) groups is 1. The molecule has 1 aromatic carbocycles. The first-order valence-electron chi connectivity index (χ1n) is 10.2. The van der Waals surface area contributed by atoms with Crippen molar-refractivity contribution in [3.05, 3.63) is 47.2 Å². The van der Waals surface area contributed by atoms with Gasteiger partial charge < -0.3 is 15.0 Å². The number of aliphatic imine (C=N–C) groups is 1. The van der Waals surface area contributed by atoms with E-state index in [0.29, 0.717) is 17.9 Å². The van der Waals surface area contributed by atoms with Crippen LogP contribution < -0.4 is 5.32 Å². The van der Waals surface area contributed by atoms with Gasteiger partial charge in [0.1, 0.15) is 0 Å². The van der Waals surface area contributed by atoms with Crippen molar-refractivity contribution < 1.29 is 31.4 Å². The fourth-order valence-electron chi connectivity index (χ4n) is 2.89. The fourth-order valence-corrected chi connectivity index (χ4v) is 3.74. The summed E-state index contributed by atoms with van der Waals surface area (Å²) in [5.41, 5.74) is 2.17. The van der Waals surface area contributed by atoms with Crippen molar-refractivity contribution in [2.24, 2.45) is 10.4 Å². The van der Waals surface area contributed by atoms with E-state index in [4.69, 9.17) is 9.73 Å². The maximum atomic E-state index is 12.3. The number of carbonyl (C=O) groups is 2. The quantitative estimate of drug-likeness (QED) is 0.325. The van der Waals surface area contributed by atoms with Gasteiger partial charge in [0.25, 0.3) is 5.91 Å². The van der Waals surface area contributed by atoms with Crippen LogP contribution in [0.2, 0.25) is 0 Å². The number of amides is 1. The molecule has 0 fully saturated rings. The van der Waals surface area contributed by atoms with E-state index in [0.717, 1.165) is 29.1 Å². The van der Waals surface area contributed by atoms with Crippen molar-refractivity contribution in [2.75, 3.05) is 12.4 Å². The molecule has 169 valence electrons. The molecule has 0 unspecified atom stereocenters. The van der Waals surface area contributed by atoms with Crippen LogP contribution in [0.15, 0.2) is 34.2 Å². The Labute approximate surface area is 201 Å². The van der Waals surface area contributed by atoms with E-state index in [-0.39, 0.29) is 39.9 Å². The minimum Gasteiger partial charge on any atom is -0.488 e. The van der Waals surface area contributed by atoms with Gasteiger partial charge in [0.15, 0.2) is 5.97 Å². The molecule has 1 N–H and O–H groups in total. The molecule has 0 aliphatic heterocycles. The predicted octanol–water partition coefficient (Wildman–Crippen LogP) is 5.29. The third kappa shape index (κ3) is 9.55. The van der Waals surface area contributed by atoms with Crippen LogP contribution in [0, 0.1) is 17.9 Å². The molecule has 5 nitrogen and oxygen atoms in total. The van der Waals surface area contributed by atoms with Crippen LogP contribution in [0.4, 0.5) is 5.69 Å². The Hall–Kier alpha value is -1.69. The predicted molar refractivity (Wildman–Crippen MR) is 124 cm³/mol. The molecular formula is C24H32MnN2O3S. The van der Waals surface area contributed by atoms with Gasteiger partial charge in [-0.1, -0.05) is 31.4 Å². The first-order chi connectivity index (χ1) is 14.0. The fraction of sp³-hybridized carbons (Fsp3) is 0.500. The normalized spacial score (nSPS) is 16.7. The molecule has 1 amide bonds. The second-order valence-electron chi connectivity index (χ2n) is 9.10. The van der Waals surface area contributed by atoms with Gasteiger partial charge in [-0.15, -0.1) is 17.1 Å². The van der Waals surface area contributed by atoms with Gasteiger partial charge in [-0.2, -0.15) is 11.8 Å². The van der Waals surface area contributed by atoms with Crippen LogP contribution in [0.3, 0.4) is 0 Å². The molecule has 1 aliphatic rings. The Bertz CT molecular complexity index is 824. The van der Waals surface area contributed by atoms with Crippen molar-refractivity contribution in [3.63, 3.8) is 0 Å². The van der Waals surface area contributed by atoms with Crippen molar-refractivity contribution in [3.8, 4) is 0 Å². The van der Waals surface area contributed by atoms with Crippen LogP contribution in [-0.4, -0.2) is 35.5 Å². The second-order valence-corrected chi connectivity index (χ2v) is 10.1. The third-order valence-corrected chi connectivity index (χ3v) is 5.28. The van der Waals surface area contributed by atoms with Crippen LogP contribution >= 0.6 is 11.8 Å². The summed E-state index contributed by atoms with van der Waals surface area (Å²) in [4.78, 5) is 29.7. The molecule has 0 heterocycles. The molecule has 0 aromatic heterocycles. The van der Waals surface area contributed by atoms with Gasteiger partial charge in [-0.3, -0.25) is 22.1 Å². The summed E-state index contributed by atoms with van der Waals surface area (Å²) in [5.74, 6) is 0.121. The van der Waals surface area contributed by atoms with E-state index in [1.807, 2.05) is 32.9 Å². The molecule has 31 heavy (non-hydrogen) atoms. The Balaban J connectivity index is 0.00000480. The summed E-state index contributed by atoms with van der Waals surface area (Å²) in [7, 11) is 0. The molecule has 7 heteroatoms. The zero-order valence-corrected chi connectivity index (χ0v) is 21.2. The average molecular weight is 484 g/mol. The summed E-state index contributed by atoms with van der Waals surface area (Å²) < 4.78 is 4.95. The summed E-state index contributed by atoms with van der Waals surface area (Å²) in [6.07, 6.45) is 6.67. The van der Waals surface area contributed by atoms with Crippen LogP contribution in [0.5, 0.6) is 0 Å². The van der Waals surface area contributed by atoms with Crippen LogP contribution in [0.25, 0.3) is 0 Å². The van der Waals surface area contributed by atoms with Gasteiger partial charge in [0.05, 0.1) is 6.61 Å². The van der Waals surface area contributed by atoms with Crippen molar-refractivity contribution in [2.45, 2.75) is 59.9 Å². The van der Waals surface area contributed by atoms with Gasteiger partial charge in [-0.05, 0) is 52.0 Å². The Kier molecular flexibility index (Phi) is 10.4. The van der Waals surface area contributed by atoms with Crippen molar-refractivity contribution >= 4 is 35.0 Å². The Morgan fingerprint density at radius 3 is 2.48 bits per heavy atom. The summed E-state index contributed by atoms with van der Waals surface area (Å²) in [6, 6.07) is 7.31. The minimum absolute atomic E-state index is 0. The number of esters is 1. The zero-order valence-electron chi connectivity index (χ0n) is 19.2. The molecule has 0 spiro atoms. The molecular weight excluding hydrogens is 451 g/mol. The first kappa shape index (κ1) is 27.3. The maximum absolute atomic E-state index is 12.3. The van der Waals surface area contributed by atoms with Gasteiger partial charge in [-0.25, -0.2) is 0 Å². The standard InChI is InChI=1S/C24H32N2O3S.Mn/c1-7-29-21(27)13-15-30-20-12-14-24(5,6)16-19(20)25-18-10-8-17(9-11-18)22(28)26-23(2,3)4;/h8-11,13H,7,14-16H2,1-6H3,(H,26,28);/q-2;+2. The number of carbonyl (C=O) groups excluding carboxylic acids is 2. The number of benzene rings is 1. The van der Waals surface area contributed by atoms with Crippen LogP contribution in [0.1, 0.15) is 64.7 Å². The number of hydrogen-bond donors (Lipinski definition) is 1. The third-order valence-electron chi connectivity index (χ3n) is 4.28. The smallest absolute Gasteiger partial charge is 0.488 e. The maximum Gasteiger partial charge on any atom is 2.00 e. The Morgan fingerprint density at radius 1 is 1.26 bits per heavy atom. The topological polar surface area (TPSA) is 67.8 Å². The van der Waals surface area contributed by atoms with E-state index >= 15 is 0 Å². The minimum atomic E-state index is -0.302. The Morgan fingerprint density at radius 2 is 1.90 bits per heavy atom. The van der Waals surface area contributed by atoms with E-state index < -0.39 is 0 Å². The number of nitrogens with one attached hydrogen (secondary N) is 1. The van der Waals surface area contributed by atoms with Gasteiger partial charge in [0, 0.05) is 16.8 Å². The summed E-state index contributed by atoms with van der Waals surface area (Å²) in [6.45, 7) is 12.4. The van der Waals surface area contributed by atoms with E-state index in [9.17, 15) is 9.59 Å². The van der Waals surface area contributed by atoms with E-state index in [1.54, 1.807) is 37.2 Å². The average Bonchev–Trinajstić information content (AvgIpc) is 2.62. The molecule has 2 rings (SSSR count). The molecule has 0 atom stereocenters. The molecule has 0 saturated carbocycles. The molecule has 1 aromatic rings. The monoisotopic (exact) mass is 483 g/mol. The molecule has 0 saturated heterocycles. The molecule has 0 bridgehead atoms.